The molecule has 0 aliphatic rings. The van der Waals surface area contributed by atoms with Crippen molar-refractivity contribution in [3.8, 4) is 0 Å². The molecule has 2 rings (SSSR count). The van der Waals surface area contributed by atoms with Crippen LogP contribution in [0.4, 0.5) is 0 Å². The molecule has 1 aromatic heterocycles. The van der Waals surface area contributed by atoms with Crippen molar-refractivity contribution in [2.24, 2.45) is 0 Å². The molecule has 0 aliphatic heterocycles. The molecule has 2 heteroatoms. The molecular formula is C14H19NS. The van der Waals surface area contributed by atoms with Gasteiger partial charge in [-0.15, -0.1) is 11.3 Å². The van der Waals surface area contributed by atoms with Crippen molar-refractivity contribution >= 4 is 21.4 Å². The molecule has 1 nitrogen and oxygen atoms in total. The van der Waals surface area contributed by atoms with Crippen molar-refractivity contribution in [1.82, 2.24) is 5.32 Å². The van der Waals surface area contributed by atoms with E-state index in [2.05, 4.69) is 49.5 Å². The van der Waals surface area contributed by atoms with Crippen LogP contribution in [0.5, 0.6) is 0 Å². The highest BCUT2D eigenvalue weighted by Crippen LogP contribution is 2.29. The van der Waals surface area contributed by atoms with E-state index < -0.39 is 0 Å². The first-order valence-corrected chi connectivity index (χ1v) is 6.84. The predicted octanol–water partition coefficient (Wildman–Crippen LogP) is 4.35. The van der Waals surface area contributed by atoms with E-state index in [4.69, 9.17) is 0 Å². The Morgan fingerprint density at radius 2 is 2.12 bits per heavy atom. The Hall–Kier alpha value is -0.860. The summed E-state index contributed by atoms with van der Waals surface area (Å²) in [7, 11) is 0. The molecule has 86 valence electrons. The zero-order chi connectivity index (χ0) is 11.4. The molecule has 0 amide bonds. The Balaban J connectivity index is 2.07. The monoisotopic (exact) mass is 233 g/mol. The van der Waals surface area contributed by atoms with Crippen molar-refractivity contribution < 1.29 is 0 Å². The van der Waals surface area contributed by atoms with E-state index in [9.17, 15) is 0 Å². The van der Waals surface area contributed by atoms with Gasteiger partial charge in [0.25, 0.3) is 0 Å². The third-order valence-corrected chi connectivity index (χ3v) is 4.15. The summed E-state index contributed by atoms with van der Waals surface area (Å²) in [6, 6.07) is 11.4. The van der Waals surface area contributed by atoms with Crippen LogP contribution in [0.2, 0.25) is 0 Å². The SMILES string of the molecule is CCCCNC(C)c1cc2ccccc2s1. The summed E-state index contributed by atoms with van der Waals surface area (Å²) in [5.74, 6) is 0. The minimum absolute atomic E-state index is 0.476. The number of thiophene rings is 1. The van der Waals surface area contributed by atoms with E-state index >= 15 is 0 Å². The molecule has 0 saturated carbocycles. The average Bonchev–Trinajstić information content (AvgIpc) is 2.73. The van der Waals surface area contributed by atoms with E-state index in [1.165, 1.54) is 27.8 Å². The van der Waals surface area contributed by atoms with Crippen LogP contribution < -0.4 is 5.32 Å². The van der Waals surface area contributed by atoms with Gasteiger partial charge in [0.05, 0.1) is 0 Å². The predicted molar refractivity (Wildman–Crippen MR) is 73.2 cm³/mol. The van der Waals surface area contributed by atoms with Gasteiger partial charge >= 0.3 is 0 Å². The normalized spacial score (nSPS) is 13.1. The summed E-state index contributed by atoms with van der Waals surface area (Å²) >= 11 is 1.90. The number of hydrogen-bond acceptors (Lipinski definition) is 2. The van der Waals surface area contributed by atoms with E-state index in [1.807, 2.05) is 11.3 Å². The molecule has 0 bridgehead atoms. The molecule has 0 spiro atoms. The van der Waals surface area contributed by atoms with Crippen molar-refractivity contribution in [1.29, 1.82) is 0 Å². The zero-order valence-corrected chi connectivity index (χ0v) is 10.8. The van der Waals surface area contributed by atoms with Gasteiger partial charge in [-0.2, -0.15) is 0 Å². The molecule has 1 heterocycles. The third-order valence-electron chi connectivity index (χ3n) is 2.85. The van der Waals surface area contributed by atoms with E-state index in [-0.39, 0.29) is 0 Å². The van der Waals surface area contributed by atoms with Crippen LogP contribution in [0.15, 0.2) is 30.3 Å². The highest BCUT2D eigenvalue weighted by molar-refractivity contribution is 7.19. The van der Waals surface area contributed by atoms with Crippen LogP contribution in [-0.2, 0) is 0 Å². The van der Waals surface area contributed by atoms with Gasteiger partial charge in [0.15, 0.2) is 0 Å². The average molecular weight is 233 g/mol. The van der Waals surface area contributed by atoms with Gasteiger partial charge in [-0.1, -0.05) is 31.5 Å². The molecule has 0 fully saturated rings. The summed E-state index contributed by atoms with van der Waals surface area (Å²) in [5.41, 5.74) is 0. The van der Waals surface area contributed by atoms with Crippen molar-refractivity contribution in [2.45, 2.75) is 32.7 Å². The topological polar surface area (TPSA) is 12.0 Å². The standard InChI is InChI=1S/C14H19NS/c1-3-4-9-15-11(2)14-10-12-7-5-6-8-13(12)16-14/h5-8,10-11,15H,3-4,9H2,1-2H3. The number of fused-ring (bicyclic) bond motifs is 1. The first kappa shape index (κ1) is 11.6. The van der Waals surface area contributed by atoms with Gasteiger partial charge in [0.1, 0.15) is 0 Å². The maximum atomic E-state index is 3.57. The van der Waals surface area contributed by atoms with Crippen LogP contribution in [0.25, 0.3) is 10.1 Å². The van der Waals surface area contributed by atoms with Gasteiger partial charge in [-0.05, 0) is 37.4 Å². The summed E-state index contributed by atoms with van der Waals surface area (Å²) in [4.78, 5) is 1.44. The smallest absolute Gasteiger partial charge is 0.0386 e. The molecule has 2 aromatic rings. The van der Waals surface area contributed by atoms with Crippen LogP contribution in [0.1, 0.15) is 37.6 Å². The third kappa shape index (κ3) is 2.63. The van der Waals surface area contributed by atoms with Crippen molar-refractivity contribution in [2.75, 3.05) is 6.54 Å². The second kappa shape index (κ2) is 5.46. The highest BCUT2D eigenvalue weighted by Gasteiger charge is 2.07. The number of rotatable bonds is 5. The van der Waals surface area contributed by atoms with Crippen molar-refractivity contribution in [3.05, 3.63) is 35.2 Å². The number of unbranched alkanes of at least 4 members (excludes halogenated alkanes) is 1. The quantitative estimate of drug-likeness (QED) is 0.757. The van der Waals surface area contributed by atoms with Gasteiger partial charge in [-0.3, -0.25) is 0 Å². The molecular weight excluding hydrogens is 214 g/mol. The summed E-state index contributed by atoms with van der Waals surface area (Å²) in [6.45, 7) is 5.60. The van der Waals surface area contributed by atoms with Crippen LogP contribution >= 0.6 is 11.3 Å². The minimum Gasteiger partial charge on any atom is -0.309 e. The van der Waals surface area contributed by atoms with E-state index in [0.29, 0.717) is 6.04 Å². The van der Waals surface area contributed by atoms with Gasteiger partial charge in [0, 0.05) is 15.6 Å². The minimum atomic E-state index is 0.476. The number of nitrogens with one attached hydrogen (secondary N) is 1. The fourth-order valence-corrected chi connectivity index (χ4v) is 2.90. The van der Waals surface area contributed by atoms with Gasteiger partial charge in [-0.25, -0.2) is 0 Å². The molecule has 1 N–H and O–H groups in total. The van der Waals surface area contributed by atoms with Gasteiger partial charge in [0.2, 0.25) is 0 Å². The Kier molecular flexibility index (Phi) is 3.97. The fourth-order valence-electron chi connectivity index (χ4n) is 1.81. The molecule has 0 aliphatic carbocycles. The lowest BCUT2D eigenvalue weighted by Gasteiger charge is -2.10. The van der Waals surface area contributed by atoms with Gasteiger partial charge < -0.3 is 5.32 Å². The maximum absolute atomic E-state index is 3.57. The molecule has 1 atom stereocenters. The fraction of sp³-hybridized carbons (Fsp3) is 0.429. The second-order valence-corrected chi connectivity index (χ2v) is 5.33. The molecule has 0 saturated heterocycles. The first-order valence-electron chi connectivity index (χ1n) is 6.03. The maximum Gasteiger partial charge on any atom is 0.0386 e. The Bertz CT molecular complexity index is 414. The summed E-state index contributed by atoms with van der Waals surface area (Å²) in [6.07, 6.45) is 2.52. The van der Waals surface area contributed by atoms with E-state index in [1.54, 1.807) is 0 Å². The zero-order valence-electron chi connectivity index (χ0n) is 9.99. The van der Waals surface area contributed by atoms with Crippen LogP contribution in [-0.4, -0.2) is 6.54 Å². The number of hydrogen-bond donors (Lipinski definition) is 1. The molecule has 16 heavy (non-hydrogen) atoms. The molecule has 0 radical (unpaired) electrons. The Labute approximate surface area is 101 Å². The largest absolute Gasteiger partial charge is 0.309 e. The summed E-state index contributed by atoms with van der Waals surface area (Å²) in [5, 5.41) is 4.94. The van der Waals surface area contributed by atoms with Crippen LogP contribution in [0.3, 0.4) is 0 Å². The highest BCUT2D eigenvalue weighted by atomic mass is 32.1. The first-order chi connectivity index (χ1) is 7.81. The lowest BCUT2D eigenvalue weighted by molar-refractivity contribution is 0.561. The Morgan fingerprint density at radius 3 is 2.88 bits per heavy atom. The Morgan fingerprint density at radius 1 is 1.31 bits per heavy atom. The van der Waals surface area contributed by atoms with Crippen molar-refractivity contribution in [3.63, 3.8) is 0 Å². The second-order valence-electron chi connectivity index (χ2n) is 4.22. The van der Waals surface area contributed by atoms with E-state index in [0.717, 1.165) is 6.54 Å². The molecule has 1 unspecified atom stereocenters. The lowest BCUT2D eigenvalue weighted by Crippen LogP contribution is -2.18. The molecule has 1 aromatic carbocycles. The summed E-state index contributed by atoms with van der Waals surface area (Å²) < 4.78 is 1.39. The lowest BCUT2D eigenvalue weighted by atomic mass is 10.2. The van der Waals surface area contributed by atoms with Crippen LogP contribution in [0, 0.1) is 0 Å². The number of benzene rings is 1.